The molecule has 0 aliphatic carbocycles. The SMILES string of the molecule is O=C(Oc1ccccc1)N1CCN(Cc2ccc(OC(F)F)cc2)CC1. The molecular formula is C19H20F2N2O3. The third-order valence-electron chi connectivity index (χ3n) is 4.13. The predicted octanol–water partition coefficient (Wildman–Crippen LogP) is 3.60. The molecule has 1 saturated heterocycles. The number of hydrogen-bond donors (Lipinski definition) is 0. The lowest BCUT2D eigenvalue weighted by atomic mass is 10.2. The number of alkyl halides is 2. The molecule has 0 radical (unpaired) electrons. The summed E-state index contributed by atoms with van der Waals surface area (Å²) in [7, 11) is 0. The third kappa shape index (κ3) is 5.16. The molecule has 138 valence electrons. The molecule has 0 saturated carbocycles. The highest BCUT2D eigenvalue weighted by Crippen LogP contribution is 2.17. The average Bonchev–Trinajstić information content (AvgIpc) is 2.64. The molecule has 1 aliphatic rings. The molecular weight excluding hydrogens is 342 g/mol. The summed E-state index contributed by atoms with van der Waals surface area (Å²) in [6.07, 6.45) is -0.343. The van der Waals surface area contributed by atoms with Gasteiger partial charge in [0, 0.05) is 32.7 Å². The number of rotatable bonds is 5. The lowest BCUT2D eigenvalue weighted by Crippen LogP contribution is -2.49. The maximum Gasteiger partial charge on any atom is 0.415 e. The maximum atomic E-state index is 12.2. The Hall–Kier alpha value is -2.67. The van der Waals surface area contributed by atoms with E-state index in [2.05, 4.69) is 9.64 Å². The molecule has 0 bridgehead atoms. The molecule has 0 atom stereocenters. The second kappa shape index (κ2) is 8.62. The van der Waals surface area contributed by atoms with Gasteiger partial charge in [0.25, 0.3) is 0 Å². The second-order valence-electron chi connectivity index (χ2n) is 5.97. The van der Waals surface area contributed by atoms with E-state index in [9.17, 15) is 13.6 Å². The molecule has 0 aromatic heterocycles. The summed E-state index contributed by atoms with van der Waals surface area (Å²) in [4.78, 5) is 16.1. The van der Waals surface area contributed by atoms with Gasteiger partial charge in [0.15, 0.2) is 0 Å². The monoisotopic (exact) mass is 362 g/mol. The number of ether oxygens (including phenoxy) is 2. The van der Waals surface area contributed by atoms with Gasteiger partial charge in [-0.15, -0.1) is 0 Å². The van der Waals surface area contributed by atoms with Gasteiger partial charge >= 0.3 is 12.7 Å². The number of benzene rings is 2. The quantitative estimate of drug-likeness (QED) is 0.815. The van der Waals surface area contributed by atoms with Crippen LogP contribution < -0.4 is 9.47 Å². The largest absolute Gasteiger partial charge is 0.435 e. The zero-order valence-electron chi connectivity index (χ0n) is 14.2. The zero-order valence-corrected chi connectivity index (χ0v) is 14.2. The van der Waals surface area contributed by atoms with E-state index < -0.39 is 6.61 Å². The molecule has 0 N–H and O–H groups in total. The van der Waals surface area contributed by atoms with Gasteiger partial charge in [-0.25, -0.2) is 4.79 Å². The first-order chi connectivity index (χ1) is 12.6. The molecule has 0 spiro atoms. The summed E-state index contributed by atoms with van der Waals surface area (Å²) in [6, 6.07) is 15.6. The maximum absolute atomic E-state index is 12.2. The van der Waals surface area contributed by atoms with E-state index in [-0.39, 0.29) is 11.8 Å². The van der Waals surface area contributed by atoms with Crippen LogP contribution in [0.1, 0.15) is 5.56 Å². The number of piperazine rings is 1. The zero-order chi connectivity index (χ0) is 18.4. The Morgan fingerprint density at radius 1 is 0.923 bits per heavy atom. The van der Waals surface area contributed by atoms with Crippen molar-refractivity contribution in [2.75, 3.05) is 26.2 Å². The van der Waals surface area contributed by atoms with Gasteiger partial charge < -0.3 is 14.4 Å². The lowest BCUT2D eigenvalue weighted by molar-refractivity contribution is -0.0498. The van der Waals surface area contributed by atoms with E-state index in [1.165, 1.54) is 12.1 Å². The van der Waals surface area contributed by atoms with Gasteiger partial charge in [-0.1, -0.05) is 30.3 Å². The Labute approximate surface area is 150 Å². The van der Waals surface area contributed by atoms with E-state index in [4.69, 9.17) is 4.74 Å². The van der Waals surface area contributed by atoms with Crippen LogP contribution >= 0.6 is 0 Å². The van der Waals surface area contributed by atoms with Crippen molar-refractivity contribution < 1.29 is 23.0 Å². The number of para-hydroxylation sites is 1. The summed E-state index contributed by atoms with van der Waals surface area (Å²) < 4.78 is 34.0. The van der Waals surface area contributed by atoms with Gasteiger partial charge in [-0.2, -0.15) is 8.78 Å². The molecule has 3 rings (SSSR count). The minimum absolute atomic E-state index is 0.150. The molecule has 1 amide bonds. The Kier molecular flexibility index (Phi) is 6.01. The minimum atomic E-state index is -2.82. The van der Waals surface area contributed by atoms with Crippen molar-refractivity contribution in [2.45, 2.75) is 13.2 Å². The van der Waals surface area contributed by atoms with Crippen LogP contribution in [0, 0.1) is 0 Å². The number of nitrogens with zero attached hydrogens (tertiary/aromatic N) is 2. The van der Waals surface area contributed by atoms with Gasteiger partial charge in [-0.3, -0.25) is 4.90 Å². The second-order valence-corrected chi connectivity index (χ2v) is 5.97. The standard InChI is InChI=1S/C19H20F2N2O3/c20-18(21)25-17-8-6-15(7-9-17)14-22-10-12-23(13-11-22)19(24)26-16-4-2-1-3-5-16/h1-9,18H,10-14H2. The molecule has 0 unspecified atom stereocenters. The van der Waals surface area contributed by atoms with Crippen LogP contribution in [0.2, 0.25) is 0 Å². The van der Waals surface area contributed by atoms with Crippen LogP contribution in [-0.2, 0) is 6.54 Å². The van der Waals surface area contributed by atoms with Crippen molar-refractivity contribution in [1.82, 2.24) is 9.80 Å². The fraction of sp³-hybridized carbons (Fsp3) is 0.316. The molecule has 1 aliphatic heterocycles. The van der Waals surface area contributed by atoms with Crippen LogP contribution in [0.25, 0.3) is 0 Å². The average molecular weight is 362 g/mol. The van der Waals surface area contributed by atoms with Crippen molar-refractivity contribution in [3.63, 3.8) is 0 Å². The van der Waals surface area contributed by atoms with Crippen LogP contribution in [0.4, 0.5) is 13.6 Å². The normalized spacial score (nSPS) is 15.1. The Bertz CT molecular complexity index is 702. The van der Waals surface area contributed by atoms with E-state index >= 15 is 0 Å². The fourth-order valence-corrected chi connectivity index (χ4v) is 2.78. The Balaban J connectivity index is 1.45. The smallest absolute Gasteiger partial charge is 0.415 e. The first-order valence-corrected chi connectivity index (χ1v) is 8.38. The molecule has 7 heteroatoms. The Morgan fingerprint density at radius 3 is 2.19 bits per heavy atom. The van der Waals surface area contributed by atoms with E-state index in [1.807, 2.05) is 18.2 Å². The molecule has 1 heterocycles. The molecule has 2 aromatic rings. The number of amides is 1. The van der Waals surface area contributed by atoms with Crippen molar-refractivity contribution in [2.24, 2.45) is 0 Å². The van der Waals surface area contributed by atoms with E-state index in [0.717, 1.165) is 18.7 Å². The van der Waals surface area contributed by atoms with Crippen molar-refractivity contribution in [3.8, 4) is 11.5 Å². The van der Waals surface area contributed by atoms with Crippen molar-refractivity contribution in [1.29, 1.82) is 0 Å². The summed E-state index contributed by atoms with van der Waals surface area (Å²) in [6.45, 7) is 0.482. The van der Waals surface area contributed by atoms with E-state index in [1.54, 1.807) is 29.2 Å². The van der Waals surface area contributed by atoms with Gasteiger partial charge in [0.05, 0.1) is 0 Å². The topological polar surface area (TPSA) is 42.0 Å². The van der Waals surface area contributed by atoms with Gasteiger partial charge in [0.2, 0.25) is 0 Å². The lowest BCUT2D eigenvalue weighted by Gasteiger charge is -2.34. The first kappa shape index (κ1) is 18.1. The number of carbonyl (C=O) groups excluding carboxylic acids is 1. The van der Waals surface area contributed by atoms with Crippen LogP contribution in [-0.4, -0.2) is 48.7 Å². The fourth-order valence-electron chi connectivity index (χ4n) is 2.78. The summed E-state index contributed by atoms with van der Waals surface area (Å²) in [5.41, 5.74) is 1.01. The van der Waals surface area contributed by atoms with Crippen LogP contribution in [0.5, 0.6) is 11.5 Å². The summed E-state index contributed by atoms with van der Waals surface area (Å²) >= 11 is 0. The highest BCUT2D eigenvalue weighted by Gasteiger charge is 2.22. The number of halogens is 2. The molecule has 5 nitrogen and oxygen atoms in total. The Morgan fingerprint density at radius 2 is 1.58 bits per heavy atom. The van der Waals surface area contributed by atoms with E-state index in [0.29, 0.717) is 25.4 Å². The summed E-state index contributed by atoms with van der Waals surface area (Å²) in [5.74, 6) is 0.684. The molecule has 2 aromatic carbocycles. The first-order valence-electron chi connectivity index (χ1n) is 8.38. The minimum Gasteiger partial charge on any atom is -0.435 e. The third-order valence-corrected chi connectivity index (χ3v) is 4.13. The van der Waals surface area contributed by atoms with Crippen LogP contribution in [0.3, 0.4) is 0 Å². The molecule has 1 fully saturated rings. The highest BCUT2D eigenvalue weighted by molar-refractivity contribution is 5.70. The number of hydrogen-bond acceptors (Lipinski definition) is 4. The van der Waals surface area contributed by atoms with Gasteiger partial charge in [0.1, 0.15) is 11.5 Å². The number of carbonyl (C=O) groups is 1. The van der Waals surface area contributed by atoms with Crippen LogP contribution in [0.15, 0.2) is 54.6 Å². The predicted molar refractivity (Wildman–Crippen MR) is 92.4 cm³/mol. The summed E-state index contributed by atoms with van der Waals surface area (Å²) in [5, 5.41) is 0. The van der Waals surface area contributed by atoms with Gasteiger partial charge in [-0.05, 0) is 29.8 Å². The highest BCUT2D eigenvalue weighted by atomic mass is 19.3. The molecule has 26 heavy (non-hydrogen) atoms. The van der Waals surface area contributed by atoms with Crippen molar-refractivity contribution in [3.05, 3.63) is 60.2 Å². The van der Waals surface area contributed by atoms with Crippen molar-refractivity contribution >= 4 is 6.09 Å².